The number of thiophene rings is 1. The Labute approximate surface area is 213 Å². The van der Waals surface area contributed by atoms with Gasteiger partial charge in [0, 0.05) is 31.4 Å². The van der Waals surface area contributed by atoms with Crippen LogP contribution in [0.15, 0.2) is 42.6 Å². The molecule has 0 unspecified atom stereocenters. The highest BCUT2D eigenvalue weighted by Crippen LogP contribution is 2.36. The number of carbonyl (C=O) groups excluding carboxylic acids is 3. The zero-order valence-corrected chi connectivity index (χ0v) is 21.1. The number of imide groups is 1. The number of carbonyl (C=O) groups is 3. The SMILES string of the molecule is Cn1nccc1-c1cc(C(=O)N[C@@H](CC2CCCCC2)CN2C(=O)c3ccccc3C2=O)sc1Cl. The van der Waals surface area contributed by atoms with Crippen molar-refractivity contribution >= 4 is 40.7 Å². The Morgan fingerprint density at radius 1 is 1.11 bits per heavy atom. The van der Waals surface area contributed by atoms with Crippen LogP contribution in [0.3, 0.4) is 0 Å². The van der Waals surface area contributed by atoms with Crippen LogP contribution in [0.4, 0.5) is 0 Å². The molecule has 0 bridgehead atoms. The van der Waals surface area contributed by atoms with E-state index in [-0.39, 0.29) is 30.3 Å². The maximum absolute atomic E-state index is 13.3. The third-order valence-electron chi connectivity index (χ3n) is 6.97. The minimum absolute atomic E-state index is 0.155. The van der Waals surface area contributed by atoms with Crippen molar-refractivity contribution in [2.45, 2.75) is 44.6 Å². The van der Waals surface area contributed by atoms with Crippen molar-refractivity contribution < 1.29 is 14.4 Å². The van der Waals surface area contributed by atoms with Gasteiger partial charge in [-0.25, -0.2) is 0 Å². The molecule has 1 fully saturated rings. The summed E-state index contributed by atoms with van der Waals surface area (Å²) in [5.41, 5.74) is 2.43. The summed E-state index contributed by atoms with van der Waals surface area (Å²) < 4.78 is 2.23. The molecule has 5 rings (SSSR count). The summed E-state index contributed by atoms with van der Waals surface area (Å²) in [6, 6.07) is 10.2. The van der Waals surface area contributed by atoms with Crippen LogP contribution in [0, 0.1) is 5.92 Å². The molecular formula is C26H27ClN4O3S. The number of benzene rings is 1. The first-order valence-corrected chi connectivity index (χ1v) is 13.2. The molecule has 3 aromatic rings. The Kier molecular flexibility index (Phi) is 6.75. The molecule has 0 spiro atoms. The number of nitrogens with one attached hydrogen (secondary N) is 1. The van der Waals surface area contributed by atoms with Gasteiger partial charge in [-0.3, -0.25) is 24.0 Å². The van der Waals surface area contributed by atoms with Crippen LogP contribution in [-0.2, 0) is 7.05 Å². The second-order valence-electron chi connectivity index (χ2n) is 9.31. The fraction of sp³-hybridized carbons (Fsp3) is 0.385. The smallest absolute Gasteiger partial charge is 0.261 e. The van der Waals surface area contributed by atoms with Crippen LogP contribution in [0.2, 0.25) is 4.34 Å². The summed E-state index contributed by atoms with van der Waals surface area (Å²) in [5.74, 6) is -0.388. The van der Waals surface area contributed by atoms with E-state index in [0.717, 1.165) is 30.5 Å². The standard InChI is InChI=1S/C26H27ClN4O3S/c1-30-21(11-12-28-30)20-14-22(35-23(20)27)24(32)29-17(13-16-7-3-2-4-8-16)15-31-25(33)18-9-5-6-10-19(18)26(31)34/h5-6,9-12,14,16-17H,2-4,7-8,13,15H2,1H3,(H,29,32)/t17-/m0/s1. The quantitative estimate of drug-likeness (QED) is 0.444. The molecule has 1 atom stereocenters. The molecule has 1 aliphatic heterocycles. The summed E-state index contributed by atoms with van der Waals surface area (Å²) >= 11 is 7.69. The van der Waals surface area contributed by atoms with Gasteiger partial charge in [0.1, 0.15) is 4.34 Å². The number of rotatable bonds is 7. The minimum atomic E-state index is -0.339. The van der Waals surface area contributed by atoms with Crippen LogP contribution in [0.1, 0.15) is 68.9 Å². The molecule has 1 aromatic carbocycles. The lowest BCUT2D eigenvalue weighted by Gasteiger charge is -2.29. The van der Waals surface area contributed by atoms with Gasteiger partial charge in [-0.15, -0.1) is 11.3 Å². The Hall–Kier alpha value is -2.97. The first-order chi connectivity index (χ1) is 16.9. The zero-order chi connectivity index (χ0) is 24.5. The zero-order valence-electron chi connectivity index (χ0n) is 19.5. The van der Waals surface area contributed by atoms with Gasteiger partial charge in [0.2, 0.25) is 0 Å². The normalized spacial score (nSPS) is 17.0. The predicted octanol–water partition coefficient (Wildman–Crippen LogP) is 5.17. The van der Waals surface area contributed by atoms with E-state index in [0.29, 0.717) is 26.3 Å². The molecule has 1 saturated carbocycles. The molecule has 1 N–H and O–H groups in total. The second-order valence-corrected chi connectivity index (χ2v) is 11.0. The van der Waals surface area contributed by atoms with Crippen molar-refractivity contribution in [1.29, 1.82) is 0 Å². The van der Waals surface area contributed by atoms with Crippen LogP contribution in [0.5, 0.6) is 0 Å². The molecule has 7 nitrogen and oxygen atoms in total. The predicted molar refractivity (Wildman–Crippen MR) is 136 cm³/mol. The van der Waals surface area contributed by atoms with Crippen molar-refractivity contribution in [3.05, 3.63) is 62.9 Å². The fourth-order valence-electron chi connectivity index (χ4n) is 5.18. The number of aromatic nitrogens is 2. The van der Waals surface area contributed by atoms with Gasteiger partial charge in [0.05, 0.1) is 21.7 Å². The van der Waals surface area contributed by atoms with E-state index in [2.05, 4.69) is 10.4 Å². The Balaban J connectivity index is 1.36. The van der Waals surface area contributed by atoms with E-state index < -0.39 is 0 Å². The molecule has 3 heterocycles. The maximum Gasteiger partial charge on any atom is 0.261 e. The van der Waals surface area contributed by atoms with E-state index in [9.17, 15) is 14.4 Å². The molecule has 0 radical (unpaired) electrons. The van der Waals surface area contributed by atoms with Gasteiger partial charge in [0.25, 0.3) is 17.7 Å². The van der Waals surface area contributed by atoms with Gasteiger partial charge in [-0.05, 0) is 36.6 Å². The van der Waals surface area contributed by atoms with Crippen molar-refractivity contribution in [1.82, 2.24) is 20.0 Å². The Morgan fingerprint density at radius 2 is 1.80 bits per heavy atom. The molecule has 182 valence electrons. The lowest BCUT2D eigenvalue weighted by molar-refractivity contribution is 0.0620. The van der Waals surface area contributed by atoms with Crippen molar-refractivity contribution in [3.63, 3.8) is 0 Å². The first-order valence-electron chi connectivity index (χ1n) is 12.0. The van der Waals surface area contributed by atoms with Gasteiger partial charge in [0.15, 0.2) is 0 Å². The van der Waals surface area contributed by atoms with Gasteiger partial charge < -0.3 is 5.32 Å². The maximum atomic E-state index is 13.3. The Bertz CT molecular complexity index is 1240. The summed E-state index contributed by atoms with van der Waals surface area (Å²) in [5, 5.41) is 7.30. The summed E-state index contributed by atoms with van der Waals surface area (Å²) in [6.45, 7) is 0.155. The van der Waals surface area contributed by atoms with E-state index in [1.165, 1.54) is 35.5 Å². The first kappa shape index (κ1) is 23.8. The van der Waals surface area contributed by atoms with E-state index >= 15 is 0 Å². The van der Waals surface area contributed by atoms with Crippen molar-refractivity contribution in [2.75, 3.05) is 6.54 Å². The molecule has 35 heavy (non-hydrogen) atoms. The van der Waals surface area contributed by atoms with E-state index in [4.69, 9.17) is 11.6 Å². The molecule has 1 aliphatic carbocycles. The van der Waals surface area contributed by atoms with Gasteiger partial charge in [-0.2, -0.15) is 5.10 Å². The summed E-state index contributed by atoms with van der Waals surface area (Å²) in [7, 11) is 1.82. The molecule has 9 heteroatoms. The largest absolute Gasteiger partial charge is 0.347 e. The van der Waals surface area contributed by atoms with E-state index in [1.807, 2.05) is 13.1 Å². The highest BCUT2D eigenvalue weighted by atomic mass is 35.5. The number of hydrogen-bond donors (Lipinski definition) is 1. The van der Waals surface area contributed by atoms with Crippen molar-refractivity contribution in [3.8, 4) is 11.3 Å². The highest BCUT2D eigenvalue weighted by molar-refractivity contribution is 7.18. The third kappa shape index (κ3) is 4.77. The average Bonchev–Trinajstić information content (AvgIpc) is 3.52. The number of aryl methyl sites for hydroxylation is 1. The summed E-state index contributed by atoms with van der Waals surface area (Å²) in [6.07, 6.45) is 8.20. The van der Waals surface area contributed by atoms with Crippen LogP contribution in [0.25, 0.3) is 11.3 Å². The van der Waals surface area contributed by atoms with Crippen LogP contribution < -0.4 is 5.32 Å². The molecule has 2 aliphatic rings. The molecule has 2 aromatic heterocycles. The number of hydrogen-bond acceptors (Lipinski definition) is 5. The number of nitrogens with zero attached hydrogens (tertiary/aromatic N) is 3. The fourth-order valence-corrected chi connectivity index (χ4v) is 6.38. The van der Waals surface area contributed by atoms with E-state index in [1.54, 1.807) is 41.2 Å². The van der Waals surface area contributed by atoms with Gasteiger partial charge >= 0.3 is 0 Å². The number of fused-ring (bicyclic) bond motifs is 1. The van der Waals surface area contributed by atoms with Crippen LogP contribution in [-0.4, -0.2) is 45.0 Å². The average molecular weight is 511 g/mol. The Morgan fingerprint density at radius 3 is 2.43 bits per heavy atom. The lowest BCUT2D eigenvalue weighted by atomic mass is 9.84. The van der Waals surface area contributed by atoms with Gasteiger partial charge in [-0.1, -0.05) is 55.8 Å². The number of halogens is 1. The monoisotopic (exact) mass is 510 g/mol. The lowest BCUT2D eigenvalue weighted by Crippen LogP contribution is -2.46. The van der Waals surface area contributed by atoms with Crippen LogP contribution >= 0.6 is 22.9 Å². The molecular weight excluding hydrogens is 484 g/mol. The third-order valence-corrected chi connectivity index (χ3v) is 8.32. The van der Waals surface area contributed by atoms with Crippen molar-refractivity contribution in [2.24, 2.45) is 13.0 Å². The minimum Gasteiger partial charge on any atom is -0.347 e. The molecule has 0 saturated heterocycles. The number of amides is 3. The topological polar surface area (TPSA) is 84.3 Å². The second kappa shape index (κ2) is 9.95. The summed E-state index contributed by atoms with van der Waals surface area (Å²) in [4.78, 5) is 41.0. The highest BCUT2D eigenvalue weighted by Gasteiger charge is 2.37. The molecule has 3 amide bonds.